The quantitative estimate of drug-likeness (QED) is 0.842. The van der Waals surface area contributed by atoms with Crippen LogP contribution in [0.5, 0.6) is 0 Å². The van der Waals surface area contributed by atoms with Crippen LogP contribution in [-0.2, 0) is 6.42 Å². The molecule has 0 spiro atoms. The average molecular weight is 312 g/mol. The van der Waals surface area contributed by atoms with Gasteiger partial charge in [-0.05, 0) is 55.7 Å². The third-order valence-corrected chi connectivity index (χ3v) is 3.72. The Morgan fingerprint density at radius 2 is 1.77 bits per heavy atom. The monoisotopic (exact) mass is 312 g/mol. The number of hydrogen-bond acceptors (Lipinski definition) is 2. The smallest absolute Gasteiger partial charge is 0.257 e. The van der Waals surface area contributed by atoms with Gasteiger partial charge < -0.3 is 5.32 Å². The van der Waals surface area contributed by atoms with Crippen LogP contribution in [0.2, 0.25) is 0 Å². The Morgan fingerprint density at radius 3 is 2.41 bits per heavy atom. The van der Waals surface area contributed by atoms with Crippen molar-refractivity contribution >= 4 is 28.9 Å². The Morgan fingerprint density at radius 1 is 1.09 bits per heavy atom. The van der Waals surface area contributed by atoms with E-state index in [-0.39, 0.29) is 5.91 Å². The summed E-state index contributed by atoms with van der Waals surface area (Å²) in [5.74, 6) is -0.205. The summed E-state index contributed by atoms with van der Waals surface area (Å²) in [5.41, 5.74) is 4.96. The van der Waals surface area contributed by atoms with Crippen LogP contribution in [0, 0.1) is 13.8 Å². The maximum atomic E-state index is 12.2. The van der Waals surface area contributed by atoms with Gasteiger partial charge in [0.25, 0.3) is 5.91 Å². The van der Waals surface area contributed by atoms with Crippen LogP contribution in [0.25, 0.3) is 0 Å². The Labute approximate surface area is 136 Å². The molecule has 0 aliphatic heterocycles. The van der Waals surface area contributed by atoms with Gasteiger partial charge in [-0.3, -0.25) is 10.1 Å². The summed E-state index contributed by atoms with van der Waals surface area (Å²) in [6.45, 7) is 6.10. The summed E-state index contributed by atoms with van der Waals surface area (Å²) < 4.78 is 0. The molecule has 2 aromatic rings. The molecule has 0 radical (unpaired) electrons. The molecule has 0 aromatic heterocycles. The van der Waals surface area contributed by atoms with E-state index in [1.54, 1.807) is 12.1 Å². The molecule has 0 unspecified atom stereocenters. The molecule has 4 heteroatoms. The van der Waals surface area contributed by atoms with E-state index in [0.717, 1.165) is 23.2 Å². The highest BCUT2D eigenvalue weighted by atomic mass is 32.1. The van der Waals surface area contributed by atoms with Gasteiger partial charge in [-0.25, -0.2) is 0 Å². The zero-order valence-corrected chi connectivity index (χ0v) is 13.9. The van der Waals surface area contributed by atoms with Crippen LogP contribution in [0.1, 0.15) is 34.0 Å². The highest BCUT2D eigenvalue weighted by Crippen LogP contribution is 2.20. The number of carbonyl (C=O) groups is 1. The molecule has 1 amide bonds. The van der Waals surface area contributed by atoms with Gasteiger partial charge in [0.15, 0.2) is 5.11 Å². The molecule has 22 heavy (non-hydrogen) atoms. The number of thiocarbonyl (C=S) groups is 1. The fourth-order valence-electron chi connectivity index (χ4n) is 2.23. The molecule has 0 atom stereocenters. The molecular weight excluding hydrogens is 292 g/mol. The molecule has 0 heterocycles. The molecule has 0 aliphatic rings. The molecule has 0 saturated heterocycles. The van der Waals surface area contributed by atoms with Crippen LogP contribution >= 0.6 is 12.2 Å². The van der Waals surface area contributed by atoms with Gasteiger partial charge >= 0.3 is 0 Å². The largest absolute Gasteiger partial charge is 0.332 e. The van der Waals surface area contributed by atoms with Gasteiger partial charge in [-0.2, -0.15) is 0 Å². The van der Waals surface area contributed by atoms with Crippen molar-refractivity contribution in [3.63, 3.8) is 0 Å². The van der Waals surface area contributed by atoms with Crippen LogP contribution in [0.3, 0.4) is 0 Å². The lowest BCUT2D eigenvalue weighted by Crippen LogP contribution is -2.34. The second-order valence-corrected chi connectivity index (χ2v) is 5.65. The summed E-state index contributed by atoms with van der Waals surface area (Å²) in [7, 11) is 0. The third kappa shape index (κ3) is 3.92. The van der Waals surface area contributed by atoms with Crippen molar-refractivity contribution in [2.75, 3.05) is 5.32 Å². The molecule has 114 valence electrons. The molecule has 0 fully saturated rings. The number of carbonyl (C=O) groups excluding carboxylic acids is 1. The molecule has 0 saturated carbocycles. The van der Waals surface area contributed by atoms with Crippen molar-refractivity contribution in [1.29, 1.82) is 0 Å². The zero-order chi connectivity index (χ0) is 16.1. The number of nitrogens with one attached hydrogen (secondary N) is 2. The molecule has 2 N–H and O–H groups in total. The summed E-state index contributed by atoms with van der Waals surface area (Å²) in [4.78, 5) is 12.2. The maximum Gasteiger partial charge on any atom is 0.257 e. The van der Waals surface area contributed by atoms with E-state index < -0.39 is 0 Å². The molecule has 3 nitrogen and oxygen atoms in total. The molecule has 0 bridgehead atoms. The van der Waals surface area contributed by atoms with Crippen LogP contribution in [0.15, 0.2) is 42.5 Å². The highest BCUT2D eigenvalue weighted by molar-refractivity contribution is 7.80. The van der Waals surface area contributed by atoms with E-state index in [4.69, 9.17) is 12.2 Å². The molecule has 2 aromatic carbocycles. The van der Waals surface area contributed by atoms with Gasteiger partial charge in [0.2, 0.25) is 0 Å². The van der Waals surface area contributed by atoms with E-state index >= 15 is 0 Å². The first-order valence-electron chi connectivity index (χ1n) is 7.28. The predicted octanol–water partition coefficient (Wildman–Crippen LogP) is 3.99. The van der Waals surface area contributed by atoms with Crippen molar-refractivity contribution in [1.82, 2.24) is 5.32 Å². The number of rotatable bonds is 3. The first-order chi connectivity index (χ1) is 10.5. The Bertz CT molecular complexity index is 693. The number of benzene rings is 2. The zero-order valence-electron chi connectivity index (χ0n) is 13.1. The molecule has 0 aliphatic carbocycles. The van der Waals surface area contributed by atoms with Crippen LogP contribution in [0.4, 0.5) is 5.69 Å². The van der Waals surface area contributed by atoms with Gasteiger partial charge in [0, 0.05) is 11.3 Å². The summed E-state index contributed by atoms with van der Waals surface area (Å²) in [6, 6.07) is 13.5. The lowest BCUT2D eigenvalue weighted by molar-refractivity contribution is 0.0977. The Kier molecular flexibility index (Phi) is 5.28. The SMILES string of the molecule is CCc1cccc(C)c1NC(=S)NC(=O)c1ccc(C)cc1. The van der Waals surface area contributed by atoms with Crippen molar-refractivity contribution in [2.24, 2.45) is 0 Å². The van der Waals surface area contributed by atoms with Gasteiger partial charge in [-0.15, -0.1) is 0 Å². The minimum Gasteiger partial charge on any atom is -0.332 e. The number of para-hydroxylation sites is 1. The third-order valence-electron chi connectivity index (χ3n) is 3.52. The topological polar surface area (TPSA) is 41.1 Å². The Hall–Kier alpha value is -2.20. The second-order valence-electron chi connectivity index (χ2n) is 5.24. The number of hydrogen-bond donors (Lipinski definition) is 2. The summed E-state index contributed by atoms with van der Waals surface area (Å²) in [5, 5.41) is 6.18. The van der Waals surface area contributed by atoms with E-state index in [0.29, 0.717) is 10.7 Å². The van der Waals surface area contributed by atoms with E-state index in [2.05, 4.69) is 23.6 Å². The summed E-state index contributed by atoms with van der Waals surface area (Å²) in [6.07, 6.45) is 0.901. The number of aryl methyl sites for hydroxylation is 3. The first kappa shape index (κ1) is 16.2. The average Bonchev–Trinajstić information content (AvgIpc) is 2.49. The van der Waals surface area contributed by atoms with Crippen molar-refractivity contribution in [3.8, 4) is 0 Å². The fourth-order valence-corrected chi connectivity index (χ4v) is 2.42. The van der Waals surface area contributed by atoms with E-state index in [1.807, 2.05) is 38.1 Å². The minimum absolute atomic E-state index is 0.205. The number of anilines is 1. The van der Waals surface area contributed by atoms with Crippen molar-refractivity contribution < 1.29 is 4.79 Å². The van der Waals surface area contributed by atoms with Crippen molar-refractivity contribution in [3.05, 3.63) is 64.7 Å². The summed E-state index contributed by atoms with van der Waals surface area (Å²) >= 11 is 5.26. The highest BCUT2D eigenvalue weighted by Gasteiger charge is 2.10. The van der Waals surface area contributed by atoms with Crippen LogP contribution in [-0.4, -0.2) is 11.0 Å². The lowest BCUT2D eigenvalue weighted by Gasteiger charge is -2.15. The van der Waals surface area contributed by atoms with Gasteiger partial charge in [0.1, 0.15) is 0 Å². The second kappa shape index (κ2) is 7.18. The molecule has 2 rings (SSSR count). The van der Waals surface area contributed by atoms with Crippen LogP contribution < -0.4 is 10.6 Å². The fraction of sp³-hybridized carbons (Fsp3) is 0.222. The van der Waals surface area contributed by atoms with Gasteiger partial charge in [-0.1, -0.05) is 42.8 Å². The van der Waals surface area contributed by atoms with Crippen molar-refractivity contribution in [2.45, 2.75) is 27.2 Å². The molecular formula is C18H20N2OS. The van der Waals surface area contributed by atoms with Gasteiger partial charge in [0.05, 0.1) is 0 Å². The lowest BCUT2D eigenvalue weighted by atomic mass is 10.1. The standard InChI is InChI=1S/C18H20N2OS/c1-4-14-7-5-6-13(3)16(14)19-18(22)20-17(21)15-10-8-12(2)9-11-15/h5-11H,4H2,1-3H3,(H2,19,20,21,22). The first-order valence-corrected chi connectivity index (χ1v) is 7.69. The predicted molar refractivity (Wildman–Crippen MR) is 95.4 cm³/mol. The van der Waals surface area contributed by atoms with E-state index in [9.17, 15) is 4.79 Å². The minimum atomic E-state index is -0.205. The Balaban J connectivity index is 2.07. The number of amides is 1. The maximum absolute atomic E-state index is 12.2. The van der Waals surface area contributed by atoms with E-state index in [1.165, 1.54) is 5.56 Å². The normalized spacial score (nSPS) is 10.1.